The molecule has 2 rings (SSSR count). The summed E-state index contributed by atoms with van der Waals surface area (Å²) >= 11 is 0. The number of nitrogens with one attached hydrogen (secondary N) is 1. The summed E-state index contributed by atoms with van der Waals surface area (Å²) in [5.74, 6) is 1.13. The summed E-state index contributed by atoms with van der Waals surface area (Å²) < 4.78 is 2.17. The fourth-order valence-electron chi connectivity index (χ4n) is 2.00. The highest BCUT2D eigenvalue weighted by Gasteiger charge is 2.04. The van der Waals surface area contributed by atoms with Gasteiger partial charge < -0.3 is 9.88 Å². The maximum Gasteiger partial charge on any atom is 0.113 e. The van der Waals surface area contributed by atoms with Gasteiger partial charge >= 0.3 is 0 Å². The number of nitrogens with zero attached hydrogens (tertiary/aromatic N) is 2. The molecule has 1 heterocycles. The predicted molar refractivity (Wildman–Crippen MR) is 70.3 cm³/mol. The van der Waals surface area contributed by atoms with Crippen molar-refractivity contribution in [3.8, 4) is 5.69 Å². The fraction of sp³-hybridized carbons (Fsp3) is 0.357. The Balaban J connectivity index is 2.31. The van der Waals surface area contributed by atoms with Crippen LogP contribution in [0.5, 0.6) is 0 Å². The van der Waals surface area contributed by atoms with Crippen LogP contribution in [0.1, 0.15) is 24.7 Å². The second-order valence-electron chi connectivity index (χ2n) is 4.16. The molecule has 3 heteroatoms. The van der Waals surface area contributed by atoms with Crippen LogP contribution in [0.3, 0.4) is 0 Å². The maximum absolute atomic E-state index is 4.41. The van der Waals surface area contributed by atoms with Gasteiger partial charge in [-0.25, -0.2) is 4.98 Å². The van der Waals surface area contributed by atoms with Crippen molar-refractivity contribution in [3.63, 3.8) is 0 Å². The zero-order valence-electron chi connectivity index (χ0n) is 10.5. The average molecular weight is 229 g/mol. The van der Waals surface area contributed by atoms with E-state index in [2.05, 4.69) is 46.1 Å². The fourth-order valence-corrected chi connectivity index (χ4v) is 2.00. The summed E-state index contributed by atoms with van der Waals surface area (Å²) in [6, 6.07) is 8.56. The molecule has 1 aromatic carbocycles. The van der Waals surface area contributed by atoms with Gasteiger partial charge in [-0.1, -0.05) is 19.1 Å². The Bertz CT molecular complexity index is 474. The molecule has 0 atom stereocenters. The Morgan fingerprint density at radius 2 is 2.24 bits per heavy atom. The molecule has 0 aliphatic heterocycles. The second-order valence-corrected chi connectivity index (χ2v) is 4.16. The van der Waals surface area contributed by atoms with Crippen LogP contribution in [0.2, 0.25) is 0 Å². The molecular weight excluding hydrogens is 210 g/mol. The van der Waals surface area contributed by atoms with Crippen molar-refractivity contribution >= 4 is 0 Å². The van der Waals surface area contributed by atoms with Crippen LogP contribution in [0.4, 0.5) is 0 Å². The molecule has 0 amide bonds. The summed E-state index contributed by atoms with van der Waals surface area (Å²) in [6.45, 7) is 3.07. The predicted octanol–water partition coefficient (Wildman–Crippen LogP) is 2.54. The van der Waals surface area contributed by atoms with Crippen LogP contribution in [0.15, 0.2) is 36.7 Å². The van der Waals surface area contributed by atoms with Crippen molar-refractivity contribution in [1.29, 1.82) is 0 Å². The maximum atomic E-state index is 4.41. The normalized spacial score (nSPS) is 10.7. The van der Waals surface area contributed by atoms with Gasteiger partial charge in [0, 0.05) is 31.0 Å². The highest BCUT2D eigenvalue weighted by Crippen LogP contribution is 2.14. The van der Waals surface area contributed by atoms with Crippen LogP contribution in [0, 0.1) is 0 Å². The van der Waals surface area contributed by atoms with Gasteiger partial charge in [0.05, 0.1) is 0 Å². The minimum Gasteiger partial charge on any atom is -0.316 e. The van der Waals surface area contributed by atoms with Crippen LogP contribution >= 0.6 is 0 Å². The quantitative estimate of drug-likeness (QED) is 0.854. The van der Waals surface area contributed by atoms with E-state index in [4.69, 9.17) is 0 Å². The zero-order valence-corrected chi connectivity index (χ0v) is 10.5. The van der Waals surface area contributed by atoms with Crippen molar-refractivity contribution < 1.29 is 0 Å². The molecule has 0 saturated carbocycles. The Morgan fingerprint density at radius 3 is 3.00 bits per heavy atom. The Kier molecular flexibility index (Phi) is 3.94. The van der Waals surface area contributed by atoms with E-state index in [1.54, 1.807) is 0 Å². The highest BCUT2D eigenvalue weighted by atomic mass is 15.1. The number of rotatable bonds is 5. The lowest BCUT2D eigenvalue weighted by Crippen LogP contribution is -2.06. The van der Waals surface area contributed by atoms with Gasteiger partial charge in [0.25, 0.3) is 0 Å². The molecule has 0 aliphatic rings. The van der Waals surface area contributed by atoms with E-state index in [0.29, 0.717) is 0 Å². The molecular formula is C14H19N3. The first-order chi connectivity index (χ1) is 8.35. The topological polar surface area (TPSA) is 29.9 Å². The third-order valence-electron chi connectivity index (χ3n) is 2.76. The van der Waals surface area contributed by atoms with Crippen LogP contribution < -0.4 is 5.32 Å². The summed E-state index contributed by atoms with van der Waals surface area (Å²) in [5.41, 5.74) is 2.49. The first kappa shape index (κ1) is 11.9. The van der Waals surface area contributed by atoms with Crippen molar-refractivity contribution in [1.82, 2.24) is 14.9 Å². The van der Waals surface area contributed by atoms with E-state index in [0.717, 1.165) is 25.2 Å². The van der Waals surface area contributed by atoms with Gasteiger partial charge in [0.2, 0.25) is 0 Å². The Morgan fingerprint density at radius 1 is 1.35 bits per heavy atom. The largest absolute Gasteiger partial charge is 0.316 e. The highest BCUT2D eigenvalue weighted by molar-refractivity contribution is 5.37. The molecule has 1 aromatic heterocycles. The number of hydrogen-bond acceptors (Lipinski definition) is 2. The van der Waals surface area contributed by atoms with E-state index < -0.39 is 0 Å². The summed E-state index contributed by atoms with van der Waals surface area (Å²) in [6.07, 6.45) is 6.04. The van der Waals surface area contributed by atoms with E-state index in [1.807, 2.05) is 19.4 Å². The second kappa shape index (κ2) is 5.64. The van der Waals surface area contributed by atoms with Gasteiger partial charge in [0.1, 0.15) is 5.82 Å². The molecule has 17 heavy (non-hydrogen) atoms. The van der Waals surface area contributed by atoms with Crippen LogP contribution in [-0.4, -0.2) is 16.6 Å². The lowest BCUT2D eigenvalue weighted by Gasteiger charge is -2.09. The monoisotopic (exact) mass is 229 g/mol. The summed E-state index contributed by atoms with van der Waals surface area (Å²) in [4.78, 5) is 4.41. The Hall–Kier alpha value is -1.61. The zero-order chi connectivity index (χ0) is 12.1. The lowest BCUT2D eigenvalue weighted by atomic mass is 10.2. The molecule has 0 bridgehead atoms. The van der Waals surface area contributed by atoms with E-state index >= 15 is 0 Å². The molecule has 2 aromatic rings. The SMILES string of the molecule is CCCc1nccn1-c1cccc(CNC)c1. The number of aromatic nitrogens is 2. The standard InChI is InChI=1S/C14H19N3/c1-3-5-14-16-8-9-17(14)13-7-4-6-12(10-13)11-15-2/h4,6-10,15H,3,5,11H2,1-2H3. The van der Waals surface area contributed by atoms with Crippen molar-refractivity contribution in [3.05, 3.63) is 48.0 Å². The van der Waals surface area contributed by atoms with E-state index in [1.165, 1.54) is 11.3 Å². The Labute approximate surface area is 103 Å². The van der Waals surface area contributed by atoms with E-state index in [9.17, 15) is 0 Å². The summed E-state index contributed by atoms with van der Waals surface area (Å²) in [5, 5.41) is 3.17. The molecule has 3 nitrogen and oxygen atoms in total. The van der Waals surface area contributed by atoms with Gasteiger partial charge in [-0.3, -0.25) is 0 Å². The van der Waals surface area contributed by atoms with Gasteiger partial charge in [0.15, 0.2) is 0 Å². The molecule has 0 aliphatic carbocycles. The number of aryl methyl sites for hydroxylation is 1. The minimum absolute atomic E-state index is 0.894. The lowest BCUT2D eigenvalue weighted by molar-refractivity contribution is 0.799. The van der Waals surface area contributed by atoms with Gasteiger partial charge in [-0.2, -0.15) is 0 Å². The molecule has 90 valence electrons. The number of hydrogen-bond donors (Lipinski definition) is 1. The number of benzene rings is 1. The van der Waals surface area contributed by atoms with Crippen molar-refractivity contribution in [2.45, 2.75) is 26.3 Å². The molecule has 0 unspecified atom stereocenters. The first-order valence-corrected chi connectivity index (χ1v) is 6.11. The van der Waals surface area contributed by atoms with Crippen LogP contribution in [-0.2, 0) is 13.0 Å². The molecule has 0 spiro atoms. The van der Waals surface area contributed by atoms with Gasteiger partial charge in [-0.15, -0.1) is 0 Å². The van der Waals surface area contributed by atoms with Gasteiger partial charge in [-0.05, 0) is 31.2 Å². The summed E-state index contributed by atoms with van der Waals surface area (Å²) in [7, 11) is 1.96. The number of imidazole rings is 1. The minimum atomic E-state index is 0.894. The molecule has 0 fully saturated rings. The molecule has 0 radical (unpaired) electrons. The van der Waals surface area contributed by atoms with Crippen LogP contribution in [0.25, 0.3) is 5.69 Å². The molecule has 0 saturated heterocycles. The van der Waals surface area contributed by atoms with Crippen molar-refractivity contribution in [2.75, 3.05) is 7.05 Å². The average Bonchev–Trinajstić information content (AvgIpc) is 2.79. The molecule has 1 N–H and O–H groups in total. The third-order valence-corrected chi connectivity index (χ3v) is 2.76. The first-order valence-electron chi connectivity index (χ1n) is 6.11. The third kappa shape index (κ3) is 2.74. The van der Waals surface area contributed by atoms with E-state index in [-0.39, 0.29) is 0 Å². The smallest absolute Gasteiger partial charge is 0.113 e. The van der Waals surface area contributed by atoms with Crippen molar-refractivity contribution in [2.24, 2.45) is 0 Å².